The van der Waals surface area contributed by atoms with Gasteiger partial charge in [-0.05, 0) is 24.3 Å². The number of anilines is 1. The van der Waals surface area contributed by atoms with Crippen molar-refractivity contribution >= 4 is 28.9 Å². The van der Waals surface area contributed by atoms with Gasteiger partial charge in [-0.3, -0.25) is 4.79 Å². The molecule has 7 heteroatoms. The van der Waals surface area contributed by atoms with E-state index in [4.69, 9.17) is 28.5 Å². The SMILES string of the molecule is N#CC(Nc1ccc(F)c(Cl)c1)c1cc(Cl)c[nH]c1=O. The summed E-state index contributed by atoms with van der Waals surface area (Å²) < 4.78 is 13.1. The van der Waals surface area contributed by atoms with E-state index in [0.717, 1.165) is 0 Å². The molecule has 0 radical (unpaired) electrons. The Kier molecular flexibility index (Phi) is 4.28. The van der Waals surface area contributed by atoms with Gasteiger partial charge in [0.1, 0.15) is 11.9 Å². The molecule has 1 unspecified atom stereocenters. The number of benzene rings is 1. The lowest BCUT2D eigenvalue weighted by atomic mass is 10.1. The first kappa shape index (κ1) is 14.4. The Morgan fingerprint density at radius 1 is 1.35 bits per heavy atom. The topological polar surface area (TPSA) is 68.7 Å². The highest BCUT2D eigenvalue weighted by Gasteiger charge is 2.15. The van der Waals surface area contributed by atoms with Gasteiger partial charge in [-0.15, -0.1) is 0 Å². The van der Waals surface area contributed by atoms with Gasteiger partial charge >= 0.3 is 0 Å². The minimum absolute atomic E-state index is 0.0771. The first-order valence-electron chi connectivity index (χ1n) is 5.50. The molecule has 0 bridgehead atoms. The van der Waals surface area contributed by atoms with Crippen molar-refractivity contribution in [3.05, 3.63) is 62.2 Å². The molecule has 0 aliphatic rings. The minimum atomic E-state index is -0.932. The van der Waals surface area contributed by atoms with Crippen LogP contribution < -0.4 is 10.9 Å². The Balaban J connectivity index is 2.34. The van der Waals surface area contributed by atoms with E-state index in [2.05, 4.69) is 10.3 Å². The van der Waals surface area contributed by atoms with Crippen molar-refractivity contribution in [3.8, 4) is 6.07 Å². The lowest BCUT2D eigenvalue weighted by Crippen LogP contribution is -2.20. The van der Waals surface area contributed by atoms with Crippen LogP contribution in [0, 0.1) is 17.1 Å². The van der Waals surface area contributed by atoms with E-state index in [1.807, 2.05) is 6.07 Å². The predicted molar refractivity (Wildman–Crippen MR) is 75.5 cm³/mol. The van der Waals surface area contributed by atoms with Gasteiger partial charge in [-0.1, -0.05) is 23.2 Å². The molecule has 102 valence electrons. The summed E-state index contributed by atoms with van der Waals surface area (Å²) in [5, 5.41) is 12.2. The zero-order chi connectivity index (χ0) is 14.7. The maximum atomic E-state index is 13.1. The Bertz CT molecular complexity index is 739. The Morgan fingerprint density at radius 3 is 2.75 bits per heavy atom. The third-order valence-electron chi connectivity index (χ3n) is 2.57. The summed E-state index contributed by atoms with van der Waals surface area (Å²) >= 11 is 11.4. The first-order chi connectivity index (χ1) is 9.51. The molecule has 0 spiro atoms. The van der Waals surface area contributed by atoms with E-state index < -0.39 is 17.4 Å². The number of hydrogen-bond acceptors (Lipinski definition) is 3. The van der Waals surface area contributed by atoms with Gasteiger partial charge in [0.05, 0.1) is 21.7 Å². The van der Waals surface area contributed by atoms with Crippen LogP contribution in [0.4, 0.5) is 10.1 Å². The molecule has 0 saturated heterocycles. The average molecular weight is 312 g/mol. The third kappa shape index (κ3) is 3.10. The van der Waals surface area contributed by atoms with Crippen molar-refractivity contribution in [2.75, 3.05) is 5.32 Å². The predicted octanol–water partition coefficient (Wildman–Crippen LogP) is 3.50. The molecule has 2 N–H and O–H groups in total. The molecule has 2 rings (SSSR count). The number of nitriles is 1. The Morgan fingerprint density at radius 2 is 2.10 bits per heavy atom. The summed E-state index contributed by atoms with van der Waals surface area (Å²) in [6, 6.07) is 6.33. The maximum absolute atomic E-state index is 13.1. The quantitative estimate of drug-likeness (QED) is 0.911. The first-order valence-corrected chi connectivity index (χ1v) is 6.26. The molecule has 1 aromatic heterocycles. The van der Waals surface area contributed by atoms with Crippen LogP contribution in [0.5, 0.6) is 0 Å². The average Bonchev–Trinajstić information content (AvgIpc) is 2.43. The molecule has 0 fully saturated rings. The molecule has 1 atom stereocenters. The summed E-state index contributed by atoms with van der Waals surface area (Å²) in [5.41, 5.74) is 0.157. The van der Waals surface area contributed by atoms with Gasteiger partial charge in [0.15, 0.2) is 0 Å². The van der Waals surface area contributed by atoms with Crippen molar-refractivity contribution in [2.45, 2.75) is 6.04 Å². The zero-order valence-corrected chi connectivity index (χ0v) is 11.5. The van der Waals surface area contributed by atoms with Gasteiger partial charge < -0.3 is 10.3 Å². The number of rotatable bonds is 3. The summed E-state index contributed by atoms with van der Waals surface area (Å²) in [6.45, 7) is 0. The van der Waals surface area contributed by atoms with Crippen LogP contribution in [0.1, 0.15) is 11.6 Å². The summed E-state index contributed by atoms with van der Waals surface area (Å²) in [6.07, 6.45) is 1.33. The van der Waals surface area contributed by atoms with E-state index in [0.29, 0.717) is 10.7 Å². The molecule has 1 heterocycles. The highest BCUT2D eigenvalue weighted by Crippen LogP contribution is 2.23. The molecule has 0 aliphatic heterocycles. The van der Waals surface area contributed by atoms with Crippen molar-refractivity contribution in [1.29, 1.82) is 5.26 Å². The number of aromatic nitrogens is 1. The lowest BCUT2D eigenvalue weighted by molar-refractivity contribution is 0.628. The van der Waals surface area contributed by atoms with Crippen molar-refractivity contribution in [1.82, 2.24) is 4.98 Å². The van der Waals surface area contributed by atoms with E-state index in [-0.39, 0.29) is 10.6 Å². The number of H-pyrrole nitrogens is 1. The molecule has 4 nitrogen and oxygen atoms in total. The fourth-order valence-corrected chi connectivity index (χ4v) is 1.97. The van der Waals surface area contributed by atoms with Crippen molar-refractivity contribution in [2.24, 2.45) is 0 Å². The van der Waals surface area contributed by atoms with E-state index in [9.17, 15) is 9.18 Å². The second-order valence-electron chi connectivity index (χ2n) is 3.94. The molecule has 0 aliphatic carbocycles. The molecule has 20 heavy (non-hydrogen) atoms. The van der Waals surface area contributed by atoms with Gasteiger partial charge in [0.2, 0.25) is 0 Å². The fourth-order valence-electron chi connectivity index (χ4n) is 1.62. The number of aromatic amines is 1. The van der Waals surface area contributed by atoms with Gasteiger partial charge in [0.25, 0.3) is 5.56 Å². The van der Waals surface area contributed by atoms with E-state index in [1.54, 1.807) is 0 Å². The van der Waals surface area contributed by atoms with Crippen LogP contribution in [0.25, 0.3) is 0 Å². The maximum Gasteiger partial charge on any atom is 0.254 e. The van der Waals surface area contributed by atoms with E-state index in [1.165, 1.54) is 30.5 Å². The smallest absolute Gasteiger partial charge is 0.254 e. The second kappa shape index (κ2) is 5.95. The van der Waals surface area contributed by atoms with Crippen LogP contribution in [0.3, 0.4) is 0 Å². The van der Waals surface area contributed by atoms with Crippen LogP contribution >= 0.6 is 23.2 Å². The van der Waals surface area contributed by atoms with Gasteiger partial charge in [0, 0.05) is 11.9 Å². The monoisotopic (exact) mass is 311 g/mol. The lowest BCUT2D eigenvalue weighted by Gasteiger charge is -2.13. The number of nitrogens with zero attached hydrogens (tertiary/aromatic N) is 1. The number of hydrogen-bond donors (Lipinski definition) is 2. The molecule has 2 aromatic rings. The molecular weight excluding hydrogens is 304 g/mol. The molecular formula is C13H8Cl2FN3O. The fraction of sp³-hybridized carbons (Fsp3) is 0.0769. The summed E-state index contributed by atoms with van der Waals surface area (Å²) in [7, 11) is 0. The van der Waals surface area contributed by atoms with Crippen molar-refractivity contribution < 1.29 is 4.39 Å². The zero-order valence-electron chi connectivity index (χ0n) is 9.95. The summed E-state index contributed by atoms with van der Waals surface area (Å²) in [5.74, 6) is -0.564. The number of pyridine rings is 1. The van der Waals surface area contributed by atoms with E-state index >= 15 is 0 Å². The standard InChI is InChI=1S/C13H8Cl2FN3O/c14-7-3-9(13(20)18-6-7)12(5-17)19-8-1-2-11(16)10(15)4-8/h1-4,6,12,19H,(H,18,20). The Hall–Kier alpha value is -2.03. The molecule has 0 saturated carbocycles. The third-order valence-corrected chi connectivity index (χ3v) is 3.08. The van der Waals surface area contributed by atoms with Crippen LogP contribution in [-0.4, -0.2) is 4.98 Å². The minimum Gasteiger partial charge on any atom is -0.366 e. The van der Waals surface area contributed by atoms with Gasteiger partial charge in [-0.25, -0.2) is 4.39 Å². The second-order valence-corrected chi connectivity index (χ2v) is 4.78. The van der Waals surface area contributed by atoms with Crippen LogP contribution in [0.2, 0.25) is 10.0 Å². The number of nitrogens with one attached hydrogen (secondary N) is 2. The van der Waals surface area contributed by atoms with Crippen molar-refractivity contribution in [3.63, 3.8) is 0 Å². The largest absolute Gasteiger partial charge is 0.366 e. The molecule has 0 amide bonds. The van der Waals surface area contributed by atoms with Crippen LogP contribution in [-0.2, 0) is 0 Å². The molecule has 1 aromatic carbocycles. The summed E-state index contributed by atoms with van der Waals surface area (Å²) in [4.78, 5) is 14.1. The number of halogens is 3. The Labute approximate surface area is 123 Å². The normalized spacial score (nSPS) is 11.7. The van der Waals surface area contributed by atoms with Crippen LogP contribution in [0.15, 0.2) is 35.3 Å². The highest BCUT2D eigenvalue weighted by molar-refractivity contribution is 6.31. The highest BCUT2D eigenvalue weighted by atomic mass is 35.5. The van der Waals surface area contributed by atoms with Gasteiger partial charge in [-0.2, -0.15) is 5.26 Å².